The van der Waals surface area contributed by atoms with Crippen molar-refractivity contribution in [2.45, 2.75) is 86.7 Å². The fraction of sp³-hybridized carbons (Fsp3) is 0.500. The Morgan fingerprint density at radius 2 is 2.00 bits per heavy atom. The third kappa shape index (κ3) is 4.62. The van der Waals surface area contributed by atoms with E-state index in [4.69, 9.17) is 4.11 Å². The highest BCUT2D eigenvalue weighted by molar-refractivity contribution is 7.98. The number of hydrogen-bond donors (Lipinski definition) is 2. The van der Waals surface area contributed by atoms with Gasteiger partial charge in [-0.3, -0.25) is 0 Å². The molecule has 0 unspecified atom stereocenters. The van der Waals surface area contributed by atoms with Crippen LogP contribution in [0.4, 0.5) is 14.6 Å². The molecule has 0 radical (unpaired) electrons. The van der Waals surface area contributed by atoms with E-state index in [1.807, 2.05) is 6.92 Å². The maximum atomic E-state index is 16.0. The minimum Gasteiger partial charge on any atom is -0.507 e. The summed E-state index contributed by atoms with van der Waals surface area (Å²) in [6.07, 6.45) is 3.59. The molecule has 7 nitrogen and oxygen atoms in total. The molecule has 38 heavy (non-hydrogen) atoms. The number of nitrogens with zero attached hydrogens (tertiary/aromatic N) is 5. The van der Waals surface area contributed by atoms with E-state index in [1.165, 1.54) is 18.2 Å². The third-order valence-corrected chi connectivity index (χ3v) is 8.60. The van der Waals surface area contributed by atoms with E-state index in [2.05, 4.69) is 37.3 Å². The van der Waals surface area contributed by atoms with Gasteiger partial charge in [0.15, 0.2) is 11.6 Å². The predicted molar refractivity (Wildman–Crippen MR) is 144 cm³/mol. The van der Waals surface area contributed by atoms with Gasteiger partial charge in [-0.15, -0.1) is 22.0 Å². The molecule has 2 aromatic heterocycles. The molecule has 1 aromatic carbocycles. The van der Waals surface area contributed by atoms with Gasteiger partial charge in [0.1, 0.15) is 11.9 Å². The monoisotopic (exact) mass is 541 g/mol. The van der Waals surface area contributed by atoms with Crippen LogP contribution in [-0.2, 0) is 0 Å². The number of phenols is 1. The molecule has 1 saturated carbocycles. The van der Waals surface area contributed by atoms with E-state index < -0.39 is 23.8 Å². The number of alkyl halides is 1. The number of aromatic hydroxyl groups is 1. The summed E-state index contributed by atoms with van der Waals surface area (Å²) in [6, 6.07) is 7.19. The lowest BCUT2D eigenvalue weighted by Crippen LogP contribution is -2.73. The van der Waals surface area contributed by atoms with Gasteiger partial charge in [0.25, 0.3) is 0 Å². The third-order valence-electron chi connectivity index (χ3n) is 8.18. The fourth-order valence-corrected chi connectivity index (χ4v) is 6.65. The first-order valence-electron chi connectivity index (χ1n) is 14.4. The molecule has 0 spiro atoms. The van der Waals surface area contributed by atoms with Gasteiger partial charge in [-0.2, -0.15) is 4.39 Å². The number of pyridine rings is 1. The van der Waals surface area contributed by atoms with Crippen molar-refractivity contribution in [3.63, 3.8) is 0 Å². The first-order chi connectivity index (χ1) is 19.3. The van der Waals surface area contributed by atoms with Gasteiger partial charge in [0, 0.05) is 27.3 Å². The Hall–Kier alpha value is -2.85. The molecular formula is C28H32F2N6OS. The van der Waals surface area contributed by atoms with E-state index in [-0.39, 0.29) is 34.2 Å². The van der Waals surface area contributed by atoms with E-state index in [1.54, 1.807) is 18.3 Å². The van der Waals surface area contributed by atoms with Crippen LogP contribution in [0.25, 0.3) is 22.5 Å². The van der Waals surface area contributed by atoms with Gasteiger partial charge in [-0.25, -0.2) is 14.4 Å². The van der Waals surface area contributed by atoms with Crippen LogP contribution in [0.2, 0.25) is 0 Å². The Labute approximate surface area is 229 Å². The molecule has 3 aliphatic rings. The maximum Gasteiger partial charge on any atom is 0.214 e. The van der Waals surface area contributed by atoms with E-state index in [9.17, 15) is 9.50 Å². The minimum absolute atomic E-state index is 0.0165. The summed E-state index contributed by atoms with van der Waals surface area (Å²) in [4.78, 5) is 10.2. The average Bonchev–Trinajstić information content (AvgIpc) is 3.71. The summed E-state index contributed by atoms with van der Waals surface area (Å²) >= 11 is 0.480. The number of fused-ring (bicyclic) bond motifs is 2. The summed E-state index contributed by atoms with van der Waals surface area (Å²) < 4.78 is 52.4. The van der Waals surface area contributed by atoms with E-state index >= 15 is 4.39 Å². The van der Waals surface area contributed by atoms with Crippen LogP contribution >= 0.6 is 11.8 Å². The molecule has 0 amide bonds. The molecule has 2 bridgehead atoms. The van der Waals surface area contributed by atoms with Gasteiger partial charge < -0.3 is 15.3 Å². The molecule has 200 valence electrons. The highest BCUT2D eigenvalue weighted by Crippen LogP contribution is 2.46. The number of halogens is 2. The topological polar surface area (TPSA) is 87.1 Å². The van der Waals surface area contributed by atoms with Crippen LogP contribution in [0.15, 0.2) is 41.6 Å². The second-order valence-electron chi connectivity index (χ2n) is 11.3. The van der Waals surface area contributed by atoms with Gasteiger partial charge in [0.2, 0.25) is 5.95 Å². The lowest BCUT2D eigenvalue weighted by atomic mass is 9.68. The quantitative estimate of drug-likeness (QED) is 0.311. The lowest BCUT2D eigenvalue weighted by molar-refractivity contribution is 0.000258. The smallest absolute Gasteiger partial charge is 0.214 e. The molecule has 1 aliphatic carbocycles. The number of anilines is 1. The van der Waals surface area contributed by atoms with Crippen molar-refractivity contribution in [3.05, 3.63) is 42.5 Å². The number of benzene rings is 1. The van der Waals surface area contributed by atoms with Crippen LogP contribution in [0.5, 0.6) is 5.75 Å². The van der Waals surface area contributed by atoms with Gasteiger partial charge in [0.05, 0.1) is 22.8 Å². The SMILES string of the molecule is [2H]C([2H])([2H])Sc1cc(-c2ccc(-c3ncc(N(C4CC4)[C@H]4C[C@]5(C)CCC[C@@](C)(N5)[C@H]4F)nn3)c(O)c2)cc(F)n1. The van der Waals surface area contributed by atoms with Crippen molar-refractivity contribution >= 4 is 17.6 Å². The summed E-state index contributed by atoms with van der Waals surface area (Å²) in [6.45, 7) is 4.17. The van der Waals surface area contributed by atoms with E-state index in [0.717, 1.165) is 32.1 Å². The predicted octanol–water partition coefficient (Wildman–Crippen LogP) is 5.54. The first-order valence-corrected chi connectivity index (χ1v) is 13.8. The molecule has 2 N–H and O–H groups in total. The number of phenolic OH excluding ortho intramolecular Hbond substituents is 1. The molecular weight excluding hydrogens is 506 g/mol. The van der Waals surface area contributed by atoms with Gasteiger partial charge in [-0.05, 0) is 87.9 Å². The Bertz CT molecular complexity index is 1460. The average molecular weight is 542 g/mol. The second kappa shape index (κ2) is 9.41. The van der Waals surface area contributed by atoms with Crippen molar-refractivity contribution < 1.29 is 18.0 Å². The van der Waals surface area contributed by atoms with Gasteiger partial charge in [-0.1, -0.05) is 6.07 Å². The zero-order chi connectivity index (χ0) is 29.2. The molecule has 3 aromatic rings. The summed E-state index contributed by atoms with van der Waals surface area (Å²) in [5.41, 5.74) is 0.456. The second-order valence-corrected chi connectivity index (χ2v) is 11.9. The Morgan fingerprint density at radius 3 is 2.71 bits per heavy atom. The molecule has 2 aliphatic heterocycles. The normalized spacial score (nSPS) is 30.3. The highest BCUT2D eigenvalue weighted by Gasteiger charge is 2.55. The number of thioether (sulfide) groups is 1. The maximum absolute atomic E-state index is 16.0. The lowest BCUT2D eigenvalue weighted by Gasteiger charge is -2.57. The highest BCUT2D eigenvalue weighted by atomic mass is 32.2. The van der Waals surface area contributed by atoms with Crippen molar-refractivity contribution in [3.8, 4) is 28.3 Å². The Kier molecular flexibility index (Phi) is 5.45. The fourth-order valence-electron chi connectivity index (χ4n) is 6.33. The van der Waals surface area contributed by atoms with Crippen molar-refractivity contribution in [2.24, 2.45) is 0 Å². The van der Waals surface area contributed by atoms with Crippen LogP contribution in [0, 0.1) is 5.95 Å². The van der Waals surface area contributed by atoms with Crippen LogP contribution in [0.3, 0.4) is 0 Å². The van der Waals surface area contributed by atoms with Crippen LogP contribution in [-0.4, -0.2) is 60.8 Å². The number of hydrogen-bond acceptors (Lipinski definition) is 8. The number of rotatable bonds is 6. The van der Waals surface area contributed by atoms with Crippen molar-refractivity contribution in [1.82, 2.24) is 25.5 Å². The number of piperidine rings is 2. The summed E-state index contributed by atoms with van der Waals surface area (Å²) in [5, 5.41) is 23.2. The standard InChI is InChI=1S/C28H32F2N6OS/c1-27-9-4-10-28(2,35-27)25(30)20(14-27)36(18-6-7-18)23-15-31-26(34-33-23)19-8-5-16(11-21(19)37)17-12-22(29)32-24(13-17)38-3/h5,8,11-13,15,18,20,25,35,37H,4,6-7,9-10,14H2,1-3H3/t20-,25-,27-,28+/m0/s1/i3D3. The van der Waals surface area contributed by atoms with Crippen LogP contribution in [0.1, 0.15) is 56.5 Å². The molecule has 6 rings (SSSR count). The molecule has 10 heteroatoms. The zero-order valence-corrected chi connectivity index (χ0v) is 22.1. The largest absolute Gasteiger partial charge is 0.507 e. The number of nitrogens with one attached hydrogen (secondary N) is 1. The van der Waals surface area contributed by atoms with Crippen molar-refractivity contribution in [2.75, 3.05) is 11.1 Å². The summed E-state index contributed by atoms with van der Waals surface area (Å²) in [7, 11) is 0. The Balaban J connectivity index is 1.26. The Morgan fingerprint density at radius 1 is 1.16 bits per heavy atom. The number of aromatic nitrogens is 4. The molecule has 3 fully saturated rings. The molecule has 4 heterocycles. The molecule has 4 atom stereocenters. The minimum atomic E-state index is -2.37. The zero-order valence-electron chi connectivity index (χ0n) is 24.3. The summed E-state index contributed by atoms with van der Waals surface area (Å²) in [5.74, 6) is -0.240. The molecule has 2 saturated heterocycles. The van der Waals surface area contributed by atoms with Crippen molar-refractivity contribution in [1.29, 1.82) is 0 Å². The van der Waals surface area contributed by atoms with E-state index in [0.29, 0.717) is 40.7 Å². The first kappa shape index (κ1) is 22.0. The van der Waals surface area contributed by atoms with Gasteiger partial charge >= 0.3 is 0 Å². The van der Waals surface area contributed by atoms with Crippen LogP contribution < -0.4 is 10.2 Å².